The molecule has 0 spiro atoms. The average Bonchev–Trinajstić information content (AvgIpc) is 2.30. The van der Waals surface area contributed by atoms with Gasteiger partial charge in [-0.2, -0.15) is 0 Å². The van der Waals surface area contributed by atoms with Gasteiger partial charge in [0.15, 0.2) is 0 Å². The first-order valence-corrected chi connectivity index (χ1v) is 5.29. The van der Waals surface area contributed by atoms with Crippen LogP contribution in [0.15, 0.2) is 54.6 Å². The molecule has 1 aromatic rings. The third-order valence-corrected chi connectivity index (χ3v) is 2.33. The van der Waals surface area contributed by atoms with Gasteiger partial charge in [-0.1, -0.05) is 54.6 Å². The summed E-state index contributed by atoms with van der Waals surface area (Å²) in [6.45, 7) is 3.69. The summed E-state index contributed by atoms with van der Waals surface area (Å²) in [5.74, 6) is -0.771. The van der Waals surface area contributed by atoms with E-state index in [4.69, 9.17) is 5.11 Å². The maximum atomic E-state index is 10.4. The Labute approximate surface area is 95.9 Å². The van der Waals surface area contributed by atoms with Crippen LogP contribution < -0.4 is 0 Å². The third kappa shape index (κ3) is 4.60. The van der Waals surface area contributed by atoms with E-state index in [2.05, 4.69) is 18.7 Å². The van der Waals surface area contributed by atoms with Gasteiger partial charge in [0.25, 0.3) is 0 Å². The van der Waals surface area contributed by atoms with Gasteiger partial charge in [-0.3, -0.25) is 4.79 Å². The van der Waals surface area contributed by atoms with Crippen molar-refractivity contribution in [1.82, 2.24) is 0 Å². The largest absolute Gasteiger partial charge is 0.481 e. The molecule has 0 heterocycles. The van der Waals surface area contributed by atoms with E-state index >= 15 is 0 Å². The van der Waals surface area contributed by atoms with E-state index < -0.39 is 5.97 Å². The Bertz CT molecular complexity index is 377. The fourth-order valence-corrected chi connectivity index (χ4v) is 1.40. The molecule has 1 N–H and O–H groups in total. The monoisotopic (exact) mass is 216 g/mol. The van der Waals surface area contributed by atoms with Gasteiger partial charge in [0.1, 0.15) is 0 Å². The van der Waals surface area contributed by atoms with Crippen molar-refractivity contribution in [2.75, 3.05) is 0 Å². The van der Waals surface area contributed by atoms with Crippen molar-refractivity contribution in [3.63, 3.8) is 0 Å². The Morgan fingerprint density at radius 2 is 1.94 bits per heavy atom. The summed E-state index contributed by atoms with van der Waals surface area (Å²) in [6, 6.07) is 10.1. The predicted molar refractivity (Wildman–Crippen MR) is 65.3 cm³/mol. The van der Waals surface area contributed by atoms with Gasteiger partial charge < -0.3 is 5.11 Å². The number of allylic oxidation sites excluding steroid dienone is 3. The predicted octanol–water partition coefficient (Wildman–Crippen LogP) is 3.21. The maximum Gasteiger partial charge on any atom is 0.303 e. The molecule has 0 saturated heterocycles. The van der Waals surface area contributed by atoms with Crippen LogP contribution in [0.2, 0.25) is 0 Å². The standard InChI is InChI=1S/C14H16O2/c1-2-12(10-11-14(15)16)8-9-13-6-4-3-5-7-13/h2-8H,1,9-11H2,(H,15,16). The molecule has 0 amide bonds. The molecular formula is C14H16O2. The molecule has 0 aliphatic rings. The van der Waals surface area contributed by atoms with Gasteiger partial charge in [-0.25, -0.2) is 0 Å². The number of carboxylic acid groups (broad SMARTS) is 1. The Balaban J connectivity index is 2.53. The molecular weight excluding hydrogens is 200 g/mol. The summed E-state index contributed by atoms with van der Waals surface area (Å²) in [5, 5.41) is 8.58. The average molecular weight is 216 g/mol. The summed E-state index contributed by atoms with van der Waals surface area (Å²) in [7, 11) is 0. The van der Waals surface area contributed by atoms with Crippen molar-refractivity contribution in [3.05, 3.63) is 60.2 Å². The van der Waals surface area contributed by atoms with E-state index in [0.29, 0.717) is 6.42 Å². The van der Waals surface area contributed by atoms with Crippen LogP contribution in [0.3, 0.4) is 0 Å². The van der Waals surface area contributed by atoms with Crippen molar-refractivity contribution in [2.24, 2.45) is 0 Å². The van der Waals surface area contributed by atoms with E-state index in [-0.39, 0.29) is 6.42 Å². The third-order valence-electron chi connectivity index (χ3n) is 2.33. The molecule has 2 nitrogen and oxygen atoms in total. The zero-order valence-electron chi connectivity index (χ0n) is 9.23. The number of aliphatic carboxylic acids is 1. The molecule has 0 bridgehead atoms. The van der Waals surface area contributed by atoms with Crippen LogP contribution in [-0.2, 0) is 11.2 Å². The van der Waals surface area contributed by atoms with Crippen LogP contribution in [0, 0.1) is 0 Å². The summed E-state index contributed by atoms with van der Waals surface area (Å²) in [5.41, 5.74) is 2.21. The van der Waals surface area contributed by atoms with Gasteiger partial charge >= 0.3 is 5.97 Å². The second-order valence-corrected chi connectivity index (χ2v) is 3.57. The SMILES string of the molecule is C=CC(=CCc1ccccc1)CCC(=O)O. The quantitative estimate of drug-likeness (QED) is 0.741. The molecule has 0 radical (unpaired) electrons. The van der Waals surface area contributed by atoms with E-state index in [1.807, 2.05) is 24.3 Å². The minimum absolute atomic E-state index is 0.159. The molecule has 0 aliphatic carbocycles. The van der Waals surface area contributed by atoms with E-state index in [9.17, 15) is 4.79 Å². The number of hydrogen-bond acceptors (Lipinski definition) is 1. The normalized spacial score (nSPS) is 11.1. The van der Waals surface area contributed by atoms with Crippen molar-refractivity contribution in [3.8, 4) is 0 Å². The Morgan fingerprint density at radius 3 is 2.50 bits per heavy atom. The first-order valence-electron chi connectivity index (χ1n) is 5.29. The molecule has 0 aliphatic heterocycles. The van der Waals surface area contributed by atoms with Crippen LogP contribution in [0.5, 0.6) is 0 Å². The number of hydrogen-bond donors (Lipinski definition) is 1. The van der Waals surface area contributed by atoms with Crippen LogP contribution in [0.25, 0.3) is 0 Å². The van der Waals surface area contributed by atoms with Gasteiger partial charge in [-0.05, 0) is 18.4 Å². The van der Waals surface area contributed by atoms with Gasteiger partial charge in [0, 0.05) is 6.42 Å². The zero-order chi connectivity index (χ0) is 11.8. The Hall–Kier alpha value is -1.83. The van der Waals surface area contributed by atoms with Crippen molar-refractivity contribution >= 4 is 5.97 Å². The topological polar surface area (TPSA) is 37.3 Å². The number of rotatable bonds is 6. The molecule has 1 aromatic carbocycles. The maximum absolute atomic E-state index is 10.4. The van der Waals surface area contributed by atoms with E-state index in [1.54, 1.807) is 6.08 Å². The summed E-state index contributed by atoms with van der Waals surface area (Å²) in [6.07, 6.45) is 5.29. The van der Waals surface area contributed by atoms with Crippen molar-refractivity contribution in [2.45, 2.75) is 19.3 Å². The van der Waals surface area contributed by atoms with E-state index in [1.165, 1.54) is 5.56 Å². The van der Waals surface area contributed by atoms with Gasteiger partial charge in [-0.15, -0.1) is 0 Å². The van der Waals surface area contributed by atoms with Crippen LogP contribution in [0.4, 0.5) is 0 Å². The first-order chi connectivity index (χ1) is 7.72. The van der Waals surface area contributed by atoms with Crippen LogP contribution in [0.1, 0.15) is 18.4 Å². The minimum atomic E-state index is -0.771. The Morgan fingerprint density at radius 1 is 1.25 bits per heavy atom. The zero-order valence-corrected chi connectivity index (χ0v) is 9.23. The lowest BCUT2D eigenvalue weighted by atomic mass is 10.1. The lowest BCUT2D eigenvalue weighted by Gasteiger charge is -2.00. The highest BCUT2D eigenvalue weighted by Gasteiger charge is 1.98. The second-order valence-electron chi connectivity index (χ2n) is 3.57. The fourth-order valence-electron chi connectivity index (χ4n) is 1.40. The Kier molecular flexibility index (Phi) is 5.06. The number of carbonyl (C=O) groups is 1. The summed E-state index contributed by atoms with van der Waals surface area (Å²) in [4.78, 5) is 10.4. The van der Waals surface area contributed by atoms with Crippen LogP contribution in [-0.4, -0.2) is 11.1 Å². The first kappa shape index (κ1) is 12.2. The van der Waals surface area contributed by atoms with E-state index in [0.717, 1.165) is 12.0 Å². The van der Waals surface area contributed by atoms with Gasteiger partial charge in [0.2, 0.25) is 0 Å². The molecule has 2 heteroatoms. The minimum Gasteiger partial charge on any atom is -0.481 e. The molecule has 0 atom stereocenters. The molecule has 1 rings (SSSR count). The molecule has 0 aromatic heterocycles. The lowest BCUT2D eigenvalue weighted by Crippen LogP contribution is -1.95. The van der Waals surface area contributed by atoms with Crippen molar-refractivity contribution in [1.29, 1.82) is 0 Å². The summed E-state index contributed by atoms with van der Waals surface area (Å²) >= 11 is 0. The highest BCUT2D eigenvalue weighted by molar-refractivity contribution is 5.67. The highest BCUT2D eigenvalue weighted by Crippen LogP contribution is 2.09. The molecule has 0 fully saturated rings. The van der Waals surface area contributed by atoms with Crippen molar-refractivity contribution < 1.29 is 9.90 Å². The molecule has 84 valence electrons. The second kappa shape index (κ2) is 6.62. The lowest BCUT2D eigenvalue weighted by molar-refractivity contribution is -0.136. The fraction of sp³-hybridized carbons (Fsp3) is 0.214. The van der Waals surface area contributed by atoms with Crippen LogP contribution >= 0.6 is 0 Å². The number of carboxylic acids is 1. The highest BCUT2D eigenvalue weighted by atomic mass is 16.4. The molecule has 0 unspecified atom stereocenters. The molecule has 16 heavy (non-hydrogen) atoms. The van der Waals surface area contributed by atoms with Gasteiger partial charge in [0.05, 0.1) is 0 Å². The molecule has 0 saturated carbocycles. The number of benzene rings is 1. The summed E-state index contributed by atoms with van der Waals surface area (Å²) < 4.78 is 0. The smallest absolute Gasteiger partial charge is 0.303 e.